The number of rotatable bonds is 8. The number of amides is 2. The topological polar surface area (TPSA) is 120 Å². The zero-order chi connectivity index (χ0) is 21.4. The van der Waals surface area contributed by atoms with Gasteiger partial charge >= 0.3 is 0 Å². The molecule has 2 rings (SSSR count). The molecule has 2 aromatic rings. The van der Waals surface area contributed by atoms with Crippen LogP contribution in [0.3, 0.4) is 0 Å². The number of ether oxygens (including phenoxy) is 2. The van der Waals surface area contributed by atoms with Gasteiger partial charge in [-0.05, 0) is 43.7 Å². The van der Waals surface area contributed by atoms with Gasteiger partial charge in [0.25, 0.3) is 11.6 Å². The summed E-state index contributed by atoms with van der Waals surface area (Å²) in [6.45, 7) is 4.62. The molecule has 0 heterocycles. The molecule has 0 aliphatic carbocycles. The van der Waals surface area contributed by atoms with Gasteiger partial charge in [0, 0.05) is 11.6 Å². The lowest BCUT2D eigenvalue weighted by atomic mass is 10.1. The molecule has 0 aliphatic heterocycles. The zero-order valence-electron chi connectivity index (χ0n) is 15.9. The summed E-state index contributed by atoms with van der Waals surface area (Å²) in [5, 5.41) is 10.8. The van der Waals surface area contributed by atoms with Crippen molar-refractivity contribution in [1.82, 2.24) is 10.9 Å². The van der Waals surface area contributed by atoms with E-state index in [9.17, 15) is 19.7 Å². The van der Waals surface area contributed by atoms with Crippen molar-refractivity contribution < 1.29 is 24.0 Å². The van der Waals surface area contributed by atoms with Crippen molar-refractivity contribution in [3.05, 3.63) is 62.7 Å². The predicted molar refractivity (Wildman–Crippen MR) is 106 cm³/mol. The van der Waals surface area contributed by atoms with E-state index in [1.165, 1.54) is 12.1 Å². The van der Waals surface area contributed by atoms with E-state index < -0.39 is 22.4 Å². The summed E-state index contributed by atoms with van der Waals surface area (Å²) in [5.74, 6) is -0.0819. The van der Waals surface area contributed by atoms with Crippen LogP contribution in [0.15, 0.2) is 36.4 Å². The minimum Gasteiger partial charge on any atom is -0.490 e. The van der Waals surface area contributed by atoms with Gasteiger partial charge in [0.15, 0.2) is 11.5 Å². The van der Waals surface area contributed by atoms with Crippen LogP contribution in [0, 0.1) is 10.1 Å². The van der Waals surface area contributed by atoms with Gasteiger partial charge < -0.3 is 9.47 Å². The minimum atomic E-state index is -0.709. The van der Waals surface area contributed by atoms with Crippen LogP contribution in [-0.4, -0.2) is 30.0 Å². The fourth-order valence-electron chi connectivity index (χ4n) is 2.43. The molecule has 0 atom stereocenters. The fraction of sp³-hybridized carbons (Fsp3) is 0.263. The van der Waals surface area contributed by atoms with Crippen molar-refractivity contribution in [1.29, 1.82) is 0 Å². The first-order valence-corrected chi connectivity index (χ1v) is 9.15. The number of nitro benzene ring substituents is 1. The van der Waals surface area contributed by atoms with Gasteiger partial charge in [0.2, 0.25) is 5.91 Å². The number of hydrogen-bond acceptors (Lipinski definition) is 6. The Morgan fingerprint density at radius 2 is 1.72 bits per heavy atom. The zero-order valence-corrected chi connectivity index (χ0v) is 16.6. The van der Waals surface area contributed by atoms with E-state index in [0.29, 0.717) is 30.3 Å². The Labute approximate surface area is 172 Å². The number of carbonyl (C=O) groups is 2. The highest BCUT2D eigenvalue weighted by Crippen LogP contribution is 2.28. The number of nitrogens with zero attached hydrogens (tertiary/aromatic N) is 1. The molecule has 29 heavy (non-hydrogen) atoms. The molecule has 0 aromatic heterocycles. The summed E-state index contributed by atoms with van der Waals surface area (Å²) >= 11 is 5.72. The van der Waals surface area contributed by atoms with Crippen molar-refractivity contribution >= 4 is 29.1 Å². The maximum atomic E-state index is 12.1. The van der Waals surface area contributed by atoms with Crippen molar-refractivity contribution in [2.45, 2.75) is 20.3 Å². The van der Waals surface area contributed by atoms with Gasteiger partial charge in [-0.15, -0.1) is 0 Å². The van der Waals surface area contributed by atoms with E-state index >= 15 is 0 Å². The Hall–Kier alpha value is -3.33. The molecule has 2 aromatic carbocycles. The molecule has 0 radical (unpaired) electrons. The standard InChI is InChI=1S/C19H20ClN3O6/c1-3-28-16-8-5-12(9-17(16)29-4-2)10-18(24)21-22-19(25)13-6-7-14(20)15(11-13)23(26)27/h5-9,11H,3-4,10H2,1-2H3,(H,21,24)(H,22,25). The molecular formula is C19H20ClN3O6. The normalized spacial score (nSPS) is 10.2. The number of hydrogen-bond donors (Lipinski definition) is 2. The van der Waals surface area contributed by atoms with Crippen molar-refractivity contribution in [3.8, 4) is 11.5 Å². The van der Waals surface area contributed by atoms with Crippen molar-refractivity contribution in [2.75, 3.05) is 13.2 Å². The summed E-state index contributed by atoms with van der Waals surface area (Å²) in [5.41, 5.74) is 4.73. The van der Waals surface area contributed by atoms with E-state index in [0.717, 1.165) is 6.07 Å². The Kier molecular flexibility index (Phi) is 7.79. The number of benzene rings is 2. The summed E-state index contributed by atoms with van der Waals surface area (Å²) in [4.78, 5) is 34.5. The Balaban J connectivity index is 1.99. The van der Waals surface area contributed by atoms with Crippen LogP contribution in [0.1, 0.15) is 29.8 Å². The molecule has 0 unspecified atom stereocenters. The molecule has 2 N–H and O–H groups in total. The largest absolute Gasteiger partial charge is 0.490 e. The maximum absolute atomic E-state index is 12.1. The predicted octanol–water partition coefficient (Wildman–Crippen LogP) is 3.05. The first kappa shape index (κ1) is 22.0. The summed E-state index contributed by atoms with van der Waals surface area (Å²) < 4.78 is 11.0. The molecule has 0 spiro atoms. The number of hydrazine groups is 1. The van der Waals surface area contributed by atoms with Crippen LogP contribution in [0.2, 0.25) is 5.02 Å². The average Bonchev–Trinajstić information content (AvgIpc) is 2.68. The van der Waals surface area contributed by atoms with Crippen LogP contribution in [0.25, 0.3) is 0 Å². The second-order valence-electron chi connectivity index (χ2n) is 5.75. The lowest BCUT2D eigenvalue weighted by Gasteiger charge is -2.12. The van der Waals surface area contributed by atoms with E-state index in [2.05, 4.69) is 10.9 Å². The molecule has 2 amide bonds. The lowest BCUT2D eigenvalue weighted by Crippen LogP contribution is -2.42. The van der Waals surface area contributed by atoms with Gasteiger partial charge in [-0.25, -0.2) is 0 Å². The Morgan fingerprint density at radius 1 is 1.03 bits per heavy atom. The van der Waals surface area contributed by atoms with E-state index in [-0.39, 0.29) is 17.0 Å². The second-order valence-corrected chi connectivity index (χ2v) is 6.16. The maximum Gasteiger partial charge on any atom is 0.288 e. The molecule has 0 bridgehead atoms. The van der Waals surface area contributed by atoms with Crippen LogP contribution >= 0.6 is 11.6 Å². The van der Waals surface area contributed by atoms with Gasteiger partial charge in [-0.2, -0.15) is 0 Å². The third-order valence-corrected chi connectivity index (χ3v) is 4.01. The molecule has 9 nitrogen and oxygen atoms in total. The fourth-order valence-corrected chi connectivity index (χ4v) is 2.61. The summed E-state index contributed by atoms with van der Waals surface area (Å²) in [6, 6.07) is 8.71. The third kappa shape index (κ3) is 6.08. The molecular weight excluding hydrogens is 402 g/mol. The van der Waals surface area contributed by atoms with E-state index in [1.807, 2.05) is 13.8 Å². The molecule has 10 heteroatoms. The number of nitrogens with one attached hydrogen (secondary N) is 2. The lowest BCUT2D eigenvalue weighted by molar-refractivity contribution is -0.384. The third-order valence-electron chi connectivity index (χ3n) is 3.69. The first-order valence-electron chi connectivity index (χ1n) is 8.77. The summed E-state index contributed by atoms with van der Waals surface area (Å²) in [6.07, 6.45) is -0.0203. The second kappa shape index (κ2) is 10.3. The van der Waals surface area contributed by atoms with Crippen molar-refractivity contribution in [3.63, 3.8) is 0 Å². The van der Waals surface area contributed by atoms with E-state index in [4.69, 9.17) is 21.1 Å². The monoisotopic (exact) mass is 421 g/mol. The number of halogens is 1. The molecule has 0 saturated carbocycles. The number of nitro groups is 1. The smallest absolute Gasteiger partial charge is 0.288 e. The first-order chi connectivity index (χ1) is 13.8. The van der Waals surface area contributed by atoms with Crippen LogP contribution in [0.5, 0.6) is 11.5 Å². The Bertz CT molecular complexity index is 919. The molecule has 0 aliphatic rings. The molecule has 154 valence electrons. The van der Waals surface area contributed by atoms with Crippen LogP contribution < -0.4 is 20.3 Å². The van der Waals surface area contributed by atoms with Gasteiger partial charge in [-0.3, -0.25) is 30.6 Å². The van der Waals surface area contributed by atoms with Gasteiger partial charge in [0.05, 0.1) is 24.6 Å². The van der Waals surface area contributed by atoms with Crippen LogP contribution in [0.4, 0.5) is 5.69 Å². The van der Waals surface area contributed by atoms with Gasteiger partial charge in [0.1, 0.15) is 5.02 Å². The summed E-state index contributed by atoms with van der Waals surface area (Å²) in [7, 11) is 0. The van der Waals surface area contributed by atoms with Crippen LogP contribution in [-0.2, 0) is 11.2 Å². The highest BCUT2D eigenvalue weighted by atomic mass is 35.5. The molecule has 0 fully saturated rings. The average molecular weight is 422 g/mol. The quantitative estimate of drug-likeness (QED) is 0.499. The Morgan fingerprint density at radius 3 is 2.38 bits per heavy atom. The minimum absolute atomic E-state index is 0.0129. The highest BCUT2D eigenvalue weighted by Gasteiger charge is 2.17. The van der Waals surface area contributed by atoms with E-state index in [1.54, 1.807) is 18.2 Å². The van der Waals surface area contributed by atoms with Gasteiger partial charge in [-0.1, -0.05) is 17.7 Å². The number of carbonyl (C=O) groups excluding carboxylic acids is 2. The highest BCUT2D eigenvalue weighted by molar-refractivity contribution is 6.32. The SMILES string of the molecule is CCOc1ccc(CC(=O)NNC(=O)c2ccc(Cl)c([N+](=O)[O-])c2)cc1OCC. The molecule has 0 saturated heterocycles. The van der Waals surface area contributed by atoms with Crippen molar-refractivity contribution in [2.24, 2.45) is 0 Å².